The molecule has 0 spiro atoms. The Hall–Kier alpha value is -4.17. The van der Waals surface area contributed by atoms with E-state index in [1.807, 2.05) is 48.5 Å². The summed E-state index contributed by atoms with van der Waals surface area (Å²) < 4.78 is 13.9. The van der Waals surface area contributed by atoms with E-state index in [2.05, 4.69) is 10.3 Å². The van der Waals surface area contributed by atoms with E-state index in [1.165, 1.54) is 22.0 Å². The first-order valence-electron chi connectivity index (χ1n) is 9.83. The van der Waals surface area contributed by atoms with E-state index in [-0.39, 0.29) is 17.9 Å². The molecule has 0 unspecified atom stereocenters. The SMILES string of the molecule is O=C(Nc1nc2ccc(Oc3ccccc3)cc2s1)c1ccc(Cn2ccccc2=O)o1. The molecule has 3 aromatic heterocycles. The number of benzene rings is 2. The van der Waals surface area contributed by atoms with Crippen molar-refractivity contribution in [3.63, 3.8) is 0 Å². The molecular weight excluding hydrogens is 426 g/mol. The fourth-order valence-corrected chi connectivity index (χ4v) is 4.04. The largest absolute Gasteiger partial charge is 0.457 e. The van der Waals surface area contributed by atoms with Gasteiger partial charge in [0.1, 0.15) is 17.3 Å². The Morgan fingerprint density at radius 3 is 2.69 bits per heavy atom. The highest BCUT2D eigenvalue weighted by Crippen LogP contribution is 2.31. The Morgan fingerprint density at radius 2 is 1.84 bits per heavy atom. The lowest BCUT2D eigenvalue weighted by molar-refractivity contribution is 0.0994. The number of thiazole rings is 1. The number of ether oxygens (including phenoxy) is 1. The monoisotopic (exact) mass is 443 g/mol. The lowest BCUT2D eigenvalue weighted by Gasteiger charge is -2.04. The maximum Gasteiger partial charge on any atom is 0.293 e. The molecule has 0 aliphatic carbocycles. The summed E-state index contributed by atoms with van der Waals surface area (Å²) in [6, 6.07) is 23.3. The third-order valence-corrected chi connectivity index (χ3v) is 5.60. The Labute approximate surface area is 186 Å². The van der Waals surface area contributed by atoms with Crippen LogP contribution in [0.5, 0.6) is 11.5 Å². The molecule has 5 rings (SSSR count). The van der Waals surface area contributed by atoms with E-state index in [9.17, 15) is 9.59 Å². The van der Waals surface area contributed by atoms with Gasteiger partial charge in [0.2, 0.25) is 0 Å². The molecule has 1 N–H and O–H groups in total. The average molecular weight is 443 g/mol. The molecule has 0 radical (unpaired) electrons. The zero-order chi connectivity index (χ0) is 21.9. The number of hydrogen-bond donors (Lipinski definition) is 1. The van der Waals surface area contributed by atoms with Gasteiger partial charge in [0.05, 0.1) is 16.8 Å². The van der Waals surface area contributed by atoms with Crippen LogP contribution in [0.25, 0.3) is 10.2 Å². The van der Waals surface area contributed by atoms with Gasteiger partial charge in [0.15, 0.2) is 10.9 Å². The fourth-order valence-electron chi connectivity index (χ4n) is 3.15. The number of furan rings is 1. The molecule has 3 heterocycles. The first-order valence-corrected chi connectivity index (χ1v) is 10.6. The molecule has 0 bridgehead atoms. The van der Waals surface area contributed by atoms with Crippen molar-refractivity contribution in [1.29, 1.82) is 0 Å². The minimum Gasteiger partial charge on any atom is -0.457 e. The summed E-state index contributed by atoms with van der Waals surface area (Å²) in [6.45, 7) is 0.248. The van der Waals surface area contributed by atoms with Crippen LogP contribution in [0.2, 0.25) is 0 Å². The van der Waals surface area contributed by atoms with E-state index in [1.54, 1.807) is 30.5 Å². The predicted molar refractivity (Wildman–Crippen MR) is 123 cm³/mol. The van der Waals surface area contributed by atoms with Crippen molar-refractivity contribution in [3.05, 3.63) is 107 Å². The summed E-state index contributed by atoms with van der Waals surface area (Å²) in [7, 11) is 0. The molecule has 158 valence electrons. The Bertz CT molecular complexity index is 1450. The van der Waals surface area contributed by atoms with Gasteiger partial charge < -0.3 is 13.7 Å². The molecule has 0 fully saturated rings. The van der Waals surface area contributed by atoms with E-state index < -0.39 is 5.91 Å². The molecule has 0 atom stereocenters. The topological polar surface area (TPSA) is 86.4 Å². The Morgan fingerprint density at radius 1 is 1.00 bits per heavy atom. The molecule has 32 heavy (non-hydrogen) atoms. The van der Waals surface area contributed by atoms with Crippen molar-refractivity contribution in [2.24, 2.45) is 0 Å². The highest BCUT2D eigenvalue weighted by atomic mass is 32.1. The van der Waals surface area contributed by atoms with Crippen molar-refractivity contribution >= 4 is 32.6 Å². The first kappa shape index (κ1) is 19.8. The average Bonchev–Trinajstić information content (AvgIpc) is 3.42. The van der Waals surface area contributed by atoms with Gasteiger partial charge in [-0.25, -0.2) is 4.98 Å². The molecule has 1 amide bonds. The third-order valence-electron chi connectivity index (χ3n) is 4.67. The van der Waals surface area contributed by atoms with Crippen LogP contribution in [-0.4, -0.2) is 15.5 Å². The standard InChI is InChI=1S/C24H17N3O4S/c28-22-8-4-5-13-27(22)15-18-10-12-20(31-18)23(29)26-24-25-19-11-9-17(14-21(19)32-24)30-16-6-2-1-3-7-16/h1-14H,15H2,(H,25,26,29). The number of amides is 1. The maximum atomic E-state index is 12.6. The highest BCUT2D eigenvalue weighted by Gasteiger charge is 2.15. The highest BCUT2D eigenvalue weighted by molar-refractivity contribution is 7.22. The van der Waals surface area contributed by atoms with Gasteiger partial charge in [-0.15, -0.1) is 0 Å². The summed E-state index contributed by atoms with van der Waals surface area (Å²) in [6.07, 6.45) is 1.67. The summed E-state index contributed by atoms with van der Waals surface area (Å²) in [5.41, 5.74) is 0.620. The molecule has 0 saturated heterocycles. The van der Waals surface area contributed by atoms with Crippen molar-refractivity contribution in [2.45, 2.75) is 6.54 Å². The van der Waals surface area contributed by atoms with Gasteiger partial charge >= 0.3 is 0 Å². The fraction of sp³-hybridized carbons (Fsp3) is 0.0417. The van der Waals surface area contributed by atoms with E-state index >= 15 is 0 Å². The number of hydrogen-bond acceptors (Lipinski definition) is 6. The van der Waals surface area contributed by atoms with Gasteiger partial charge in [-0.3, -0.25) is 14.9 Å². The van der Waals surface area contributed by atoms with Crippen LogP contribution in [0.15, 0.2) is 94.3 Å². The van der Waals surface area contributed by atoms with E-state index in [4.69, 9.17) is 9.15 Å². The van der Waals surface area contributed by atoms with Crippen molar-refractivity contribution in [2.75, 3.05) is 5.32 Å². The molecule has 5 aromatic rings. The summed E-state index contributed by atoms with van der Waals surface area (Å²) in [5, 5.41) is 3.23. The van der Waals surface area contributed by atoms with Crippen LogP contribution < -0.4 is 15.6 Å². The van der Waals surface area contributed by atoms with Crippen LogP contribution in [0.4, 0.5) is 5.13 Å². The van der Waals surface area contributed by atoms with Gasteiger partial charge in [0, 0.05) is 18.3 Å². The number of carbonyl (C=O) groups excluding carboxylic acids is 1. The van der Waals surface area contributed by atoms with Crippen LogP contribution >= 0.6 is 11.3 Å². The number of fused-ring (bicyclic) bond motifs is 1. The van der Waals surface area contributed by atoms with Gasteiger partial charge in [-0.05, 0) is 42.5 Å². The van der Waals surface area contributed by atoms with E-state index in [0.29, 0.717) is 16.6 Å². The number of nitrogens with one attached hydrogen (secondary N) is 1. The van der Waals surface area contributed by atoms with Crippen molar-refractivity contribution in [3.8, 4) is 11.5 Å². The number of rotatable bonds is 6. The molecule has 2 aromatic carbocycles. The number of carbonyl (C=O) groups is 1. The minimum absolute atomic E-state index is 0.139. The van der Waals surface area contributed by atoms with Crippen molar-refractivity contribution in [1.82, 2.24) is 9.55 Å². The molecular formula is C24H17N3O4S. The maximum absolute atomic E-state index is 12.6. The zero-order valence-corrected chi connectivity index (χ0v) is 17.5. The minimum atomic E-state index is -0.406. The second kappa shape index (κ2) is 8.52. The lowest BCUT2D eigenvalue weighted by Crippen LogP contribution is -2.18. The number of aromatic nitrogens is 2. The van der Waals surface area contributed by atoms with Gasteiger partial charge in [0.25, 0.3) is 11.5 Å². The number of nitrogens with zero attached hydrogens (tertiary/aromatic N) is 2. The normalized spacial score (nSPS) is 10.9. The smallest absolute Gasteiger partial charge is 0.293 e. The van der Waals surface area contributed by atoms with Crippen molar-refractivity contribution < 1.29 is 13.9 Å². The Balaban J connectivity index is 1.29. The second-order valence-electron chi connectivity index (χ2n) is 6.95. The summed E-state index contributed by atoms with van der Waals surface area (Å²) in [5.74, 6) is 1.69. The summed E-state index contributed by atoms with van der Waals surface area (Å²) >= 11 is 1.35. The molecule has 0 aliphatic rings. The number of anilines is 1. The van der Waals surface area contributed by atoms with Crippen LogP contribution in [0, 0.1) is 0 Å². The van der Waals surface area contributed by atoms with Crippen LogP contribution in [0.1, 0.15) is 16.3 Å². The lowest BCUT2D eigenvalue weighted by atomic mass is 10.3. The van der Waals surface area contributed by atoms with Crippen LogP contribution in [0.3, 0.4) is 0 Å². The number of para-hydroxylation sites is 1. The van der Waals surface area contributed by atoms with Crippen LogP contribution in [-0.2, 0) is 6.54 Å². The summed E-state index contributed by atoms with van der Waals surface area (Å²) in [4.78, 5) is 28.9. The van der Waals surface area contributed by atoms with Gasteiger partial charge in [-0.2, -0.15) is 0 Å². The zero-order valence-electron chi connectivity index (χ0n) is 16.7. The second-order valence-corrected chi connectivity index (χ2v) is 7.98. The Kier molecular flexibility index (Phi) is 5.27. The quantitative estimate of drug-likeness (QED) is 0.393. The third kappa shape index (κ3) is 4.30. The number of pyridine rings is 1. The molecule has 0 aliphatic heterocycles. The molecule has 7 nitrogen and oxygen atoms in total. The predicted octanol–water partition coefficient (Wildman–Crippen LogP) is 5.14. The molecule has 0 saturated carbocycles. The van der Waals surface area contributed by atoms with Gasteiger partial charge in [-0.1, -0.05) is 35.6 Å². The molecule has 8 heteroatoms. The first-order chi connectivity index (χ1) is 15.6. The van der Waals surface area contributed by atoms with E-state index in [0.717, 1.165) is 16.0 Å².